The Balaban J connectivity index is 4.80. The van der Waals surface area contributed by atoms with E-state index < -0.39 is 10.1 Å². The van der Waals surface area contributed by atoms with Gasteiger partial charge in [0.05, 0.1) is 0 Å². The average Bonchev–Trinajstić information content (AvgIpc) is 3.18. The molecule has 0 heterocycles. The summed E-state index contributed by atoms with van der Waals surface area (Å²) in [6, 6.07) is 0. The fraction of sp³-hybridized carbons (Fsp3) is 0.885. The Kier molecular flexibility index (Phi) is 43.9. The molecule has 1 N–H and O–H groups in total. The van der Waals surface area contributed by atoms with Crippen LogP contribution in [0.1, 0.15) is 290 Å². The zero-order chi connectivity index (χ0) is 41.6. The fourth-order valence-corrected chi connectivity index (χ4v) is 9.04. The molecule has 0 aliphatic carbocycles. The molecule has 0 rings (SSSR count). The van der Waals surface area contributed by atoms with Gasteiger partial charge < -0.3 is 0 Å². The van der Waals surface area contributed by atoms with E-state index in [0.29, 0.717) is 0 Å². The van der Waals surface area contributed by atoms with Crippen LogP contribution in [-0.4, -0.2) is 23.3 Å². The summed E-state index contributed by atoms with van der Waals surface area (Å²) in [6.07, 6.45) is 67.7. The summed E-state index contributed by atoms with van der Waals surface area (Å²) in [5.41, 5.74) is 0. The number of nitrogens with zero attached hydrogens (tertiary/aromatic N) is 1. The van der Waals surface area contributed by atoms with Crippen LogP contribution in [0.15, 0.2) is 36.8 Å². The van der Waals surface area contributed by atoms with E-state index in [4.69, 9.17) is 0 Å². The van der Waals surface area contributed by atoms with Gasteiger partial charge >= 0.3 is 10.1 Å². The molecule has 0 aliphatic rings. The van der Waals surface area contributed by atoms with Crippen molar-refractivity contribution in [1.82, 2.24) is 0 Å². The van der Waals surface area contributed by atoms with Crippen LogP contribution in [0.4, 0.5) is 0 Å². The summed E-state index contributed by atoms with van der Waals surface area (Å²) < 4.78 is 34.9. The third-order valence-corrected chi connectivity index (χ3v) is 12.7. The highest BCUT2D eigenvalue weighted by atomic mass is 32.2. The fourth-order valence-electron chi connectivity index (χ4n) is 8.21. The molecule has 0 radical (unpaired) electrons. The first-order valence-corrected chi connectivity index (χ1v) is 27.4. The van der Waals surface area contributed by atoms with Crippen LogP contribution in [0.5, 0.6) is 0 Å². The summed E-state index contributed by atoms with van der Waals surface area (Å²) >= 11 is 0. The van der Waals surface area contributed by atoms with Gasteiger partial charge in [0, 0.05) is 0 Å². The zero-order valence-electron chi connectivity index (χ0n) is 39.0. The van der Waals surface area contributed by atoms with Gasteiger partial charge in [-0.2, -0.15) is 8.42 Å². The summed E-state index contributed by atoms with van der Waals surface area (Å²) in [5, 5.41) is 0. The van der Waals surface area contributed by atoms with E-state index in [1.165, 1.54) is 231 Å². The van der Waals surface area contributed by atoms with Gasteiger partial charge in [0.25, 0.3) is 0 Å². The molecular formula is C52H102NO3S+. The minimum absolute atomic E-state index is 0.0498. The number of rotatable bonds is 47. The molecule has 0 aromatic heterocycles. The highest BCUT2D eigenvalue weighted by Gasteiger charge is 2.26. The van der Waals surface area contributed by atoms with E-state index >= 15 is 0 Å². The standard InChI is InChI=1S/C52H101NO3S/c1-4-7-10-13-16-19-22-25-28-31-34-37-40-43-46-49-53(52-57(54,55)56,50-47-44-41-38-35-32-29-26-23-20-17-14-11-8-5-2)51-48-45-42-39-36-33-30-27-24-21-18-15-12-9-6-3/h46-51H,4-45,52H2,1-3H3/p+1/b49-46+,50-47+,51-48+. The second kappa shape index (κ2) is 44.6. The lowest BCUT2D eigenvalue weighted by molar-refractivity contribution is -0.760. The Hall–Kier alpha value is -0.910. The number of unbranched alkanes of at least 4 members (excludes halogenated alkanes) is 39. The average molecular weight is 821 g/mol. The van der Waals surface area contributed by atoms with Gasteiger partial charge in [0.15, 0.2) is 0 Å². The molecule has 0 amide bonds. The molecule has 57 heavy (non-hydrogen) atoms. The normalized spacial score (nSPS) is 12.7. The molecule has 0 saturated carbocycles. The van der Waals surface area contributed by atoms with Gasteiger partial charge in [-0.15, -0.1) is 0 Å². The molecular weight excluding hydrogens is 719 g/mol. The van der Waals surface area contributed by atoms with Crippen molar-refractivity contribution in [3.05, 3.63) is 36.8 Å². The summed E-state index contributed by atoms with van der Waals surface area (Å²) in [6.45, 7) is 6.85. The number of hydrogen-bond acceptors (Lipinski definition) is 2. The lowest BCUT2D eigenvalue weighted by atomic mass is 10.0. The molecule has 0 bridgehead atoms. The third-order valence-electron chi connectivity index (χ3n) is 12.0. The number of allylic oxidation sites excluding steroid dienone is 3. The van der Waals surface area contributed by atoms with Crippen molar-refractivity contribution in [1.29, 1.82) is 0 Å². The summed E-state index contributed by atoms with van der Waals surface area (Å²) in [4.78, 5) is 0. The smallest absolute Gasteiger partial charge is 0.281 e. The molecule has 0 aromatic rings. The first kappa shape index (κ1) is 56.1. The molecule has 0 spiro atoms. The Morgan fingerprint density at radius 2 is 0.491 bits per heavy atom. The monoisotopic (exact) mass is 821 g/mol. The Labute approximate surface area is 359 Å². The first-order valence-electron chi connectivity index (χ1n) is 25.7. The molecule has 338 valence electrons. The van der Waals surface area contributed by atoms with Crippen molar-refractivity contribution in [2.75, 3.05) is 5.88 Å². The van der Waals surface area contributed by atoms with Gasteiger partial charge in [-0.25, -0.2) is 4.48 Å². The van der Waals surface area contributed by atoms with Crippen molar-refractivity contribution >= 4 is 10.1 Å². The van der Waals surface area contributed by atoms with Crippen LogP contribution >= 0.6 is 0 Å². The quantitative estimate of drug-likeness (QED) is 0.0378. The molecule has 0 unspecified atom stereocenters. The van der Waals surface area contributed by atoms with E-state index in [9.17, 15) is 13.0 Å². The van der Waals surface area contributed by atoms with Crippen LogP contribution in [-0.2, 0) is 10.1 Å². The summed E-state index contributed by atoms with van der Waals surface area (Å²) in [7, 11) is -4.18. The third kappa shape index (κ3) is 44.5. The second-order valence-electron chi connectivity index (χ2n) is 18.0. The Morgan fingerprint density at radius 3 is 0.667 bits per heavy atom. The van der Waals surface area contributed by atoms with Gasteiger partial charge in [-0.3, -0.25) is 4.55 Å². The highest BCUT2D eigenvalue weighted by molar-refractivity contribution is 7.85. The molecule has 0 saturated heterocycles. The Morgan fingerprint density at radius 1 is 0.316 bits per heavy atom. The lowest BCUT2D eigenvalue weighted by Gasteiger charge is -2.25. The molecule has 0 fully saturated rings. The second-order valence-corrected chi connectivity index (χ2v) is 19.4. The first-order chi connectivity index (χ1) is 27.9. The maximum Gasteiger partial charge on any atom is 0.317 e. The molecule has 4 nitrogen and oxygen atoms in total. The predicted octanol–water partition coefficient (Wildman–Crippen LogP) is 18.6. The van der Waals surface area contributed by atoms with Crippen molar-refractivity contribution in [2.45, 2.75) is 290 Å². The van der Waals surface area contributed by atoms with Crippen LogP contribution in [0.25, 0.3) is 0 Å². The van der Waals surface area contributed by atoms with E-state index in [1.54, 1.807) is 0 Å². The van der Waals surface area contributed by atoms with E-state index in [1.807, 2.05) is 18.6 Å². The van der Waals surface area contributed by atoms with Crippen molar-refractivity contribution < 1.29 is 17.5 Å². The molecule has 5 heteroatoms. The molecule has 0 aliphatic heterocycles. The minimum atomic E-state index is -4.18. The zero-order valence-corrected chi connectivity index (χ0v) is 39.8. The van der Waals surface area contributed by atoms with Gasteiger partial charge in [0.1, 0.15) is 18.6 Å². The SMILES string of the molecule is CCCCCCCCCCCCCCC/C=C/[N+](/C=C/CCCCCCCCCCCCCCC)(/C=C/CCCCCCCCCCCCCCC)CS(=O)(=O)O. The van der Waals surface area contributed by atoms with Gasteiger partial charge in [-0.05, 0) is 56.8 Å². The van der Waals surface area contributed by atoms with Crippen LogP contribution < -0.4 is 0 Å². The maximum absolute atomic E-state index is 12.4. The largest absolute Gasteiger partial charge is 0.317 e. The topological polar surface area (TPSA) is 54.4 Å². The van der Waals surface area contributed by atoms with E-state index in [-0.39, 0.29) is 10.4 Å². The van der Waals surface area contributed by atoms with Crippen LogP contribution in [0.2, 0.25) is 0 Å². The van der Waals surface area contributed by atoms with Gasteiger partial charge in [-0.1, -0.05) is 252 Å². The van der Waals surface area contributed by atoms with Crippen LogP contribution in [0.3, 0.4) is 0 Å². The lowest BCUT2D eigenvalue weighted by Crippen LogP contribution is -2.36. The molecule has 0 aromatic carbocycles. The maximum atomic E-state index is 12.4. The van der Waals surface area contributed by atoms with Crippen LogP contribution in [0, 0.1) is 0 Å². The molecule has 0 atom stereocenters. The van der Waals surface area contributed by atoms with Crippen molar-refractivity contribution in [3.8, 4) is 0 Å². The van der Waals surface area contributed by atoms with Gasteiger partial charge in [0.2, 0.25) is 5.88 Å². The number of quaternary nitrogens is 1. The van der Waals surface area contributed by atoms with Crippen molar-refractivity contribution in [3.63, 3.8) is 0 Å². The predicted molar refractivity (Wildman–Crippen MR) is 255 cm³/mol. The number of hydrogen-bond donors (Lipinski definition) is 1. The van der Waals surface area contributed by atoms with E-state index in [0.717, 1.165) is 38.5 Å². The highest BCUT2D eigenvalue weighted by Crippen LogP contribution is 2.20. The van der Waals surface area contributed by atoms with E-state index in [2.05, 4.69) is 39.0 Å². The summed E-state index contributed by atoms with van der Waals surface area (Å²) in [5.74, 6) is -0.341. The minimum Gasteiger partial charge on any atom is -0.281 e. The Bertz CT molecular complexity index is 889. The van der Waals surface area contributed by atoms with Crippen molar-refractivity contribution in [2.24, 2.45) is 0 Å².